The maximum Gasteiger partial charge on any atom is 0.191 e. The molecule has 4 heteroatoms. The van der Waals surface area contributed by atoms with Crippen LogP contribution in [0.25, 0.3) is 0 Å². The number of piperidine rings is 1. The van der Waals surface area contributed by atoms with Gasteiger partial charge in [0.15, 0.2) is 5.96 Å². The molecule has 1 saturated heterocycles. The summed E-state index contributed by atoms with van der Waals surface area (Å²) in [5.74, 6) is 1.93. The van der Waals surface area contributed by atoms with Gasteiger partial charge in [0.05, 0.1) is 0 Å². The Bertz CT molecular complexity index is 334. The summed E-state index contributed by atoms with van der Waals surface area (Å²) in [5.41, 5.74) is 0. The largest absolute Gasteiger partial charge is 0.354 e. The summed E-state index contributed by atoms with van der Waals surface area (Å²) in [6, 6.07) is 1.27. The van der Waals surface area contributed by atoms with Crippen molar-refractivity contribution in [3.63, 3.8) is 0 Å². The van der Waals surface area contributed by atoms with Crippen molar-refractivity contribution in [2.75, 3.05) is 26.2 Å². The van der Waals surface area contributed by atoms with E-state index in [0.717, 1.165) is 18.4 Å². The topological polar surface area (TPSA) is 39.7 Å². The summed E-state index contributed by atoms with van der Waals surface area (Å²) in [4.78, 5) is 7.26. The summed E-state index contributed by atoms with van der Waals surface area (Å²) in [6.07, 6.45) is 9.11. The van der Waals surface area contributed by atoms with E-state index in [-0.39, 0.29) is 0 Å². The molecule has 0 bridgehead atoms. The molecule has 0 radical (unpaired) electrons. The van der Waals surface area contributed by atoms with Gasteiger partial charge in [-0.3, -0.25) is 4.99 Å². The number of hydrogen-bond donors (Lipinski definition) is 2. The molecule has 0 spiro atoms. The lowest BCUT2D eigenvalue weighted by Gasteiger charge is -2.33. The van der Waals surface area contributed by atoms with E-state index in [1.54, 1.807) is 0 Å². The molecule has 2 fully saturated rings. The van der Waals surface area contributed by atoms with Crippen LogP contribution in [0.3, 0.4) is 0 Å². The highest BCUT2D eigenvalue weighted by Gasteiger charge is 2.36. The summed E-state index contributed by atoms with van der Waals surface area (Å²) < 4.78 is 0. The highest BCUT2D eigenvalue weighted by atomic mass is 15.2. The quantitative estimate of drug-likeness (QED) is 0.535. The van der Waals surface area contributed by atoms with Crippen LogP contribution in [-0.4, -0.2) is 49.1 Å². The zero-order chi connectivity index (χ0) is 15.8. The zero-order valence-corrected chi connectivity index (χ0v) is 14.9. The van der Waals surface area contributed by atoms with Gasteiger partial charge in [0, 0.05) is 31.7 Å². The van der Waals surface area contributed by atoms with Gasteiger partial charge in [-0.2, -0.15) is 0 Å². The molecule has 0 aromatic heterocycles. The predicted molar refractivity (Wildman–Crippen MR) is 95.4 cm³/mol. The number of guanidine groups is 1. The van der Waals surface area contributed by atoms with Gasteiger partial charge in [0.25, 0.3) is 0 Å². The van der Waals surface area contributed by atoms with Crippen LogP contribution < -0.4 is 10.6 Å². The molecule has 128 valence electrons. The van der Waals surface area contributed by atoms with Crippen LogP contribution in [0.1, 0.15) is 65.7 Å². The van der Waals surface area contributed by atoms with E-state index < -0.39 is 0 Å². The number of aliphatic imine (C=N–C) groups is 1. The van der Waals surface area contributed by atoms with Crippen LogP contribution in [0.5, 0.6) is 0 Å². The fourth-order valence-electron chi connectivity index (χ4n) is 3.46. The first-order valence-electron chi connectivity index (χ1n) is 9.56. The number of likely N-dealkylation sites (tertiary alicyclic amines) is 1. The van der Waals surface area contributed by atoms with Crippen molar-refractivity contribution in [2.45, 2.75) is 77.8 Å². The van der Waals surface area contributed by atoms with E-state index in [1.807, 2.05) is 0 Å². The third-order valence-electron chi connectivity index (χ3n) is 4.98. The van der Waals surface area contributed by atoms with Crippen LogP contribution in [0.4, 0.5) is 0 Å². The zero-order valence-electron chi connectivity index (χ0n) is 14.9. The fraction of sp³-hybridized carbons (Fsp3) is 0.944. The van der Waals surface area contributed by atoms with Gasteiger partial charge < -0.3 is 15.5 Å². The second kappa shape index (κ2) is 9.39. The Morgan fingerprint density at radius 1 is 1.09 bits per heavy atom. The van der Waals surface area contributed by atoms with Crippen molar-refractivity contribution in [2.24, 2.45) is 10.9 Å². The molecular formula is C18H36N4. The predicted octanol–water partition coefficient (Wildman–Crippen LogP) is 2.99. The second-order valence-electron chi connectivity index (χ2n) is 6.97. The highest BCUT2D eigenvalue weighted by Crippen LogP contribution is 2.34. The van der Waals surface area contributed by atoms with Gasteiger partial charge in [0.1, 0.15) is 0 Å². The van der Waals surface area contributed by atoms with E-state index in [9.17, 15) is 0 Å². The minimum atomic E-state index is 0.596. The lowest BCUT2D eigenvalue weighted by Crippen LogP contribution is -2.49. The average Bonchev–Trinajstić information content (AvgIpc) is 3.25. The molecule has 2 aliphatic rings. The monoisotopic (exact) mass is 308 g/mol. The molecule has 2 unspecified atom stereocenters. The third kappa shape index (κ3) is 5.79. The Morgan fingerprint density at radius 2 is 1.86 bits per heavy atom. The first kappa shape index (κ1) is 17.6. The summed E-state index contributed by atoms with van der Waals surface area (Å²) in [6.45, 7) is 11.3. The van der Waals surface area contributed by atoms with E-state index >= 15 is 0 Å². The van der Waals surface area contributed by atoms with Gasteiger partial charge in [-0.25, -0.2) is 0 Å². The van der Waals surface area contributed by atoms with Gasteiger partial charge in [-0.15, -0.1) is 0 Å². The molecule has 0 aromatic rings. The lowest BCUT2D eigenvalue weighted by atomic mass is 10.0. The second-order valence-corrected chi connectivity index (χ2v) is 6.97. The Labute approximate surface area is 137 Å². The van der Waals surface area contributed by atoms with Crippen molar-refractivity contribution >= 4 is 5.96 Å². The van der Waals surface area contributed by atoms with Gasteiger partial charge in [-0.1, -0.05) is 26.7 Å². The molecule has 2 rings (SSSR count). The molecule has 2 atom stereocenters. The number of nitrogens with one attached hydrogen (secondary N) is 2. The molecular weight excluding hydrogens is 272 g/mol. The Balaban J connectivity index is 1.70. The van der Waals surface area contributed by atoms with Crippen LogP contribution in [0.2, 0.25) is 0 Å². The Kier molecular flexibility index (Phi) is 7.50. The van der Waals surface area contributed by atoms with Crippen LogP contribution in [0.15, 0.2) is 4.99 Å². The first-order chi connectivity index (χ1) is 10.8. The van der Waals surface area contributed by atoms with E-state index in [4.69, 9.17) is 0 Å². The molecule has 1 aliphatic heterocycles. The van der Waals surface area contributed by atoms with E-state index in [1.165, 1.54) is 64.6 Å². The van der Waals surface area contributed by atoms with Crippen LogP contribution >= 0.6 is 0 Å². The van der Waals surface area contributed by atoms with Crippen molar-refractivity contribution < 1.29 is 0 Å². The standard InChI is InChI=1S/C18H36N4/c1-4-7-11-22-12-9-16(10-13-22)20-18(19-6-3)21-17-14-15(17)8-5-2/h15-17H,4-14H2,1-3H3,(H2,19,20,21). The highest BCUT2D eigenvalue weighted by molar-refractivity contribution is 5.80. The SMILES string of the molecule is CCCCN1CCC(NC(=NCC)NC2CC2CCC)CC1. The normalized spacial score (nSPS) is 27.0. The third-order valence-corrected chi connectivity index (χ3v) is 4.98. The van der Waals surface area contributed by atoms with Crippen molar-refractivity contribution in [3.05, 3.63) is 0 Å². The molecule has 22 heavy (non-hydrogen) atoms. The number of rotatable bonds is 8. The van der Waals surface area contributed by atoms with E-state index in [0.29, 0.717) is 12.1 Å². The molecule has 0 aromatic carbocycles. The summed E-state index contributed by atoms with van der Waals surface area (Å²) in [7, 11) is 0. The first-order valence-corrected chi connectivity index (χ1v) is 9.56. The van der Waals surface area contributed by atoms with Gasteiger partial charge in [-0.05, 0) is 51.5 Å². The van der Waals surface area contributed by atoms with E-state index in [2.05, 4.69) is 41.3 Å². The Morgan fingerprint density at radius 3 is 2.50 bits per heavy atom. The van der Waals surface area contributed by atoms with Crippen molar-refractivity contribution in [3.8, 4) is 0 Å². The fourth-order valence-corrected chi connectivity index (χ4v) is 3.46. The summed E-state index contributed by atoms with van der Waals surface area (Å²) >= 11 is 0. The molecule has 0 amide bonds. The van der Waals surface area contributed by atoms with Gasteiger partial charge in [0.2, 0.25) is 0 Å². The molecule has 4 nitrogen and oxygen atoms in total. The van der Waals surface area contributed by atoms with Crippen LogP contribution in [-0.2, 0) is 0 Å². The maximum absolute atomic E-state index is 4.64. The minimum absolute atomic E-state index is 0.596. The average molecular weight is 309 g/mol. The Hall–Kier alpha value is -0.770. The molecule has 1 aliphatic carbocycles. The minimum Gasteiger partial charge on any atom is -0.354 e. The maximum atomic E-state index is 4.64. The molecule has 1 saturated carbocycles. The van der Waals surface area contributed by atoms with Crippen molar-refractivity contribution in [1.29, 1.82) is 0 Å². The number of nitrogens with zero attached hydrogens (tertiary/aromatic N) is 2. The van der Waals surface area contributed by atoms with Crippen molar-refractivity contribution in [1.82, 2.24) is 15.5 Å². The number of hydrogen-bond acceptors (Lipinski definition) is 2. The lowest BCUT2D eigenvalue weighted by molar-refractivity contribution is 0.203. The molecule has 1 heterocycles. The number of unbranched alkanes of at least 4 members (excludes halogenated alkanes) is 1. The molecule has 2 N–H and O–H groups in total. The summed E-state index contributed by atoms with van der Waals surface area (Å²) in [5, 5.41) is 7.32. The smallest absolute Gasteiger partial charge is 0.191 e. The van der Waals surface area contributed by atoms with Crippen LogP contribution in [0, 0.1) is 5.92 Å². The van der Waals surface area contributed by atoms with Gasteiger partial charge >= 0.3 is 0 Å².